The lowest BCUT2D eigenvalue weighted by atomic mass is 10.2. The Bertz CT molecular complexity index is 321. The van der Waals surface area contributed by atoms with E-state index in [1.165, 1.54) is 5.01 Å². The van der Waals surface area contributed by atoms with Crippen molar-refractivity contribution in [2.45, 2.75) is 24.9 Å². The van der Waals surface area contributed by atoms with Gasteiger partial charge < -0.3 is 20.7 Å². The average molecular weight is 230 g/mol. The standard InChI is InChI=1S/C8H14N4O4/c9-6(15)7-10-3-12(11-7)8-5(14)1-4(2-13)16-8/h4-5,8,13-14H,1-3H2,(H2,9,15)(H,10,11)/t4?,5-,8?/m0/s1. The fraction of sp³-hybridized carbons (Fsp3) is 0.750. The number of aliphatic hydroxyl groups excluding tert-OH is 2. The smallest absolute Gasteiger partial charge is 0.285 e. The SMILES string of the molecule is NC(=O)C1=NCN(C2OC(CO)C[C@@H]2O)N1. The van der Waals surface area contributed by atoms with Gasteiger partial charge in [-0.25, -0.2) is 4.99 Å². The Morgan fingerprint density at radius 1 is 1.75 bits per heavy atom. The van der Waals surface area contributed by atoms with E-state index in [-0.39, 0.29) is 25.2 Å². The van der Waals surface area contributed by atoms with E-state index in [1.54, 1.807) is 0 Å². The number of nitrogens with one attached hydrogen (secondary N) is 1. The molecule has 0 aromatic carbocycles. The third-order valence-electron chi connectivity index (χ3n) is 2.54. The Labute approximate surface area is 91.7 Å². The molecule has 1 fully saturated rings. The first-order valence-corrected chi connectivity index (χ1v) is 4.93. The van der Waals surface area contributed by atoms with Crippen LogP contribution in [0.15, 0.2) is 4.99 Å². The molecular weight excluding hydrogens is 216 g/mol. The molecule has 5 N–H and O–H groups in total. The van der Waals surface area contributed by atoms with Crippen molar-refractivity contribution in [3.05, 3.63) is 0 Å². The summed E-state index contributed by atoms with van der Waals surface area (Å²) in [4.78, 5) is 14.7. The van der Waals surface area contributed by atoms with Gasteiger partial charge in [0.05, 0.1) is 18.8 Å². The van der Waals surface area contributed by atoms with Crippen LogP contribution in [0, 0.1) is 0 Å². The molecule has 1 amide bonds. The van der Waals surface area contributed by atoms with Gasteiger partial charge in [-0.05, 0) is 0 Å². The first kappa shape index (κ1) is 11.3. The van der Waals surface area contributed by atoms with Gasteiger partial charge in [-0.2, -0.15) is 5.01 Å². The summed E-state index contributed by atoms with van der Waals surface area (Å²) in [5.41, 5.74) is 7.69. The maximum Gasteiger partial charge on any atom is 0.285 e. The average Bonchev–Trinajstić information content (AvgIpc) is 2.83. The van der Waals surface area contributed by atoms with Crippen molar-refractivity contribution in [2.24, 2.45) is 10.7 Å². The maximum absolute atomic E-state index is 10.8. The van der Waals surface area contributed by atoms with E-state index in [2.05, 4.69) is 10.4 Å². The number of nitrogens with two attached hydrogens (primary N) is 1. The van der Waals surface area contributed by atoms with Crippen LogP contribution in [0.4, 0.5) is 0 Å². The van der Waals surface area contributed by atoms with Crippen molar-refractivity contribution in [2.75, 3.05) is 13.3 Å². The molecular formula is C8H14N4O4. The number of hydrazine groups is 1. The largest absolute Gasteiger partial charge is 0.394 e. The molecule has 0 aromatic heterocycles. The topological polar surface area (TPSA) is 120 Å². The number of carbonyl (C=O) groups excluding carboxylic acids is 1. The fourth-order valence-electron chi connectivity index (χ4n) is 1.76. The van der Waals surface area contributed by atoms with E-state index in [0.29, 0.717) is 6.42 Å². The molecule has 0 spiro atoms. The van der Waals surface area contributed by atoms with E-state index in [1.807, 2.05) is 0 Å². The molecule has 0 radical (unpaired) electrons. The highest BCUT2D eigenvalue weighted by Crippen LogP contribution is 2.23. The van der Waals surface area contributed by atoms with Gasteiger partial charge >= 0.3 is 0 Å². The number of nitrogens with zero attached hydrogens (tertiary/aromatic N) is 2. The highest BCUT2D eigenvalue weighted by atomic mass is 16.5. The Morgan fingerprint density at radius 2 is 2.50 bits per heavy atom. The van der Waals surface area contributed by atoms with Crippen molar-refractivity contribution >= 4 is 11.7 Å². The summed E-state index contributed by atoms with van der Waals surface area (Å²) >= 11 is 0. The molecule has 0 aromatic rings. The monoisotopic (exact) mass is 230 g/mol. The Morgan fingerprint density at radius 3 is 3.00 bits per heavy atom. The number of amidine groups is 1. The first-order valence-electron chi connectivity index (χ1n) is 4.93. The van der Waals surface area contributed by atoms with Gasteiger partial charge in [0.25, 0.3) is 5.91 Å². The molecule has 0 bridgehead atoms. The fourth-order valence-corrected chi connectivity index (χ4v) is 1.76. The highest BCUT2D eigenvalue weighted by Gasteiger charge is 2.39. The number of aliphatic imine (C=N–C) groups is 1. The number of amides is 1. The van der Waals surface area contributed by atoms with Gasteiger partial charge in [0.2, 0.25) is 5.84 Å². The van der Waals surface area contributed by atoms with E-state index >= 15 is 0 Å². The number of primary amides is 1. The number of carbonyl (C=O) groups is 1. The van der Waals surface area contributed by atoms with Crippen molar-refractivity contribution in [1.29, 1.82) is 0 Å². The molecule has 2 heterocycles. The second-order valence-electron chi connectivity index (χ2n) is 3.73. The number of aliphatic hydroxyl groups is 2. The summed E-state index contributed by atoms with van der Waals surface area (Å²) in [6.07, 6.45) is -1.39. The molecule has 90 valence electrons. The lowest BCUT2D eigenvalue weighted by Crippen LogP contribution is -2.50. The predicted molar refractivity (Wildman–Crippen MR) is 52.8 cm³/mol. The highest BCUT2D eigenvalue weighted by molar-refractivity contribution is 6.37. The van der Waals surface area contributed by atoms with Crippen LogP contribution in [-0.2, 0) is 9.53 Å². The van der Waals surface area contributed by atoms with Crippen LogP contribution < -0.4 is 11.2 Å². The van der Waals surface area contributed by atoms with Gasteiger partial charge in [-0.3, -0.25) is 10.2 Å². The van der Waals surface area contributed by atoms with Gasteiger partial charge in [0.15, 0.2) is 6.23 Å². The molecule has 2 rings (SSSR count). The third kappa shape index (κ3) is 2.00. The number of rotatable bonds is 3. The summed E-state index contributed by atoms with van der Waals surface area (Å²) in [6.45, 7) is 0.0308. The molecule has 2 aliphatic heterocycles. The summed E-state index contributed by atoms with van der Waals surface area (Å²) in [5, 5.41) is 20.1. The van der Waals surface area contributed by atoms with Crippen molar-refractivity contribution < 1.29 is 19.7 Å². The Balaban J connectivity index is 1.94. The summed E-state index contributed by atoms with van der Waals surface area (Å²) in [7, 11) is 0. The second kappa shape index (κ2) is 4.34. The second-order valence-corrected chi connectivity index (χ2v) is 3.73. The summed E-state index contributed by atoms with van der Waals surface area (Å²) in [6, 6.07) is 0. The van der Waals surface area contributed by atoms with Crippen LogP contribution in [0.3, 0.4) is 0 Å². The van der Waals surface area contributed by atoms with E-state index in [0.717, 1.165) is 0 Å². The summed E-state index contributed by atoms with van der Waals surface area (Å²) < 4.78 is 5.37. The molecule has 1 saturated heterocycles. The lowest BCUT2D eigenvalue weighted by Gasteiger charge is -2.25. The first-order chi connectivity index (χ1) is 7.61. The third-order valence-corrected chi connectivity index (χ3v) is 2.54. The zero-order valence-corrected chi connectivity index (χ0v) is 8.54. The quantitative estimate of drug-likeness (QED) is 0.413. The summed E-state index contributed by atoms with van der Waals surface area (Å²) in [5.74, 6) is -0.614. The van der Waals surface area contributed by atoms with Gasteiger partial charge in [-0.1, -0.05) is 0 Å². The van der Waals surface area contributed by atoms with Crippen molar-refractivity contribution in [3.8, 4) is 0 Å². The molecule has 8 heteroatoms. The predicted octanol–water partition coefficient (Wildman–Crippen LogP) is -2.88. The minimum atomic E-state index is -0.730. The van der Waals surface area contributed by atoms with E-state index in [9.17, 15) is 9.90 Å². The zero-order valence-electron chi connectivity index (χ0n) is 8.54. The van der Waals surface area contributed by atoms with Crippen LogP contribution in [-0.4, -0.2) is 58.7 Å². The maximum atomic E-state index is 10.8. The molecule has 8 nitrogen and oxygen atoms in total. The van der Waals surface area contributed by atoms with Crippen molar-refractivity contribution in [1.82, 2.24) is 10.4 Å². The number of ether oxygens (including phenoxy) is 1. The molecule has 3 atom stereocenters. The Kier molecular flexibility index (Phi) is 3.06. The molecule has 16 heavy (non-hydrogen) atoms. The van der Waals surface area contributed by atoms with Crippen LogP contribution in [0.1, 0.15) is 6.42 Å². The lowest BCUT2D eigenvalue weighted by molar-refractivity contribution is -0.114. The number of hydrogen-bond donors (Lipinski definition) is 4. The van der Waals surface area contributed by atoms with Gasteiger partial charge in [-0.15, -0.1) is 0 Å². The minimum absolute atomic E-state index is 0.0447. The molecule has 2 unspecified atom stereocenters. The molecule has 0 saturated carbocycles. The van der Waals surface area contributed by atoms with E-state index in [4.69, 9.17) is 15.6 Å². The Hall–Kier alpha value is -1.22. The van der Waals surface area contributed by atoms with Crippen LogP contribution in [0.25, 0.3) is 0 Å². The molecule has 0 aliphatic carbocycles. The zero-order chi connectivity index (χ0) is 11.7. The van der Waals surface area contributed by atoms with Crippen LogP contribution >= 0.6 is 0 Å². The normalized spacial score (nSPS) is 34.9. The van der Waals surface area contributed by atoms with Gasteiger partial charge in [0.1, 0.15) is 6.67 Å². The van der Waals surface area contributed by atoms with Crippen LogP contribution in [0.2, 0.25) is 0 Å². The van der Waals surface area contributed by atoms with Gasteiger partial charge in [0, 0.05) is 6.42 Å². The van der Waals surface area contributed by atoms with Crippen molar-refractivity contribution in [3.63, 3.8) is 0 Å². The molecule has 2 aliphatic rings. The number of hydrogen-bond acceptors (Lipinski definition) is 7. The van der Waals surface area contributed by atoms with E-state index < -0.39 is 18.2 Å². The van der Waals surface area contributed by atoms with Crippen LogP contribution in [0.5, 0.6) is 0 Å². The minimum Gasteiger partial charge on any atom is -0.394 e.